The van der Waals surface area contributed by atoms with Crippen molar-refractivity contribution in [2.75, 3.05) is 0 Å². The smallest absolute Gasteiger partial charge is 0.123 e. The van der Waals surface area contributed by atoms with E-state index in [1.807, 2.05) is 12.3 Å². The summed E-state index contributed by atoms with van der Waals surface area (Å²) in [4.78, 5) is 7.14. The molecule has 0 saturated heterocycles. The summed E-state index contributed by atoms with van der Waals surface area (Å²) in [6.45, 7) is 2.07. The average molecular weight is 204 g/mol. The van der Waals surface area contributed by atoms with Gasteiger partial charge in [0.15, 0.2) is 0 Å². The number of hydrogen-bond donors (Lipinski definition) is 1. The third-order valence-corrected chi connectivity index (χ3v) is 2.54. The molecular weight excluding hydrogens is 191 g/mol. The van der Waals surface area contributed by atoms with Gasteiger partial charge in [0.25, 0.3) is 0 Å². The molecule has 3 heteroatoms. The Bertz CT molecular complexity index is 423. The lowest BCUT2D eigenvalue weighted by Crippen LogP contribution is -2.00. The van der Waals surface area contributed by atoms with Crippen molar-refractivity contribution in [3.8, 4) is 0 Å². The fraction of sp³-hybridized carbons (Fsp3) is 0.250. The summed E-state index contributed by atoms with van der Waals surface area (Å²) in [5.41, 5.74) is 1.94. The standard InChI is InChI=1S/C12H13FN2/c1-2-11(12-7-14-8-15-12)9-4-3-5-10(13)6-9/h3-8,11H,2H2,1H3,(H,14,15). The number of rotatable bonds is 3. The van der Waals surface area contributed by atoms with Crippen molar-refractivity contribution < 1.29 is 4.39 Å². The van der Waals surface area contributed by atoms with E-state index in [-0.39, 0.29) is 11.7 Å². The van der Waals surface area contributed by atoms with E-state index in [4.69, 9.17) is 0 Å². The van der Waals surface area contributed by atoms with Crippen LogP contribution in [0.1, 0.15) is 30.5 Å². The minimum atomic E-state index is -0.193. The van der Waals surface area contributed by atoms with Crippen LogP contribution in [-0.2, 0) is 0 Å². The van der Waals surface area contributed by atoms with Crippen LogP contribution in [0.25, 0.3) is 0 Å². The van der Waals surface area contributed by atoms with Crippen molar-refractivity contribution in [3.05, 3.63) is 53.9 Å². The van der Waals surface area contributed by atoms with E-state index in [0.717, 1.165) is 17.7 Å². The number of aromatic amines is 1. The molecule has 0 fully saturated rings. The Kier molecular flexibility index (Phi) is 2.81. The third-order valence-electron chi connectivity index (χ3n) is 2.54. The largest absolute Gasteiger partial charge is 0.351 e. The van der Waals surface area contributed by atoms with Crippen molar-refractivity contribution in [1.82, 2.24) is 9.97 Å². The monoisotopic (exact) mass is 204 g/mol. The number of halogens is 1. The Balaban J connectivity index is 2.35. The van der Waals surface area contributed by atoms with Crippen molar-refractivity contribution in [3.63, 3.8) is 0 Å². The van der Waals surface area contributed by atoms with Crippen molar-refractivity contribution in [1.29, 1.82) is 0 Å². The van der Waals surface area contributed by atoms with Crippen molar-refractivity contribution >= 4 is 0 Å². The molecule has 78 valence electrons. The van der Waals surface area contributed by atoms with Crippen LogP contribution in [0.3, 0.4) is 0 Å². The van der Waals surface area contributed by atoms with Crippen LogP contribution >= 0.6 is 0 Å². The molecule has 0 aliphatic carbocycles. The molecule has 15 heavy (non-hydrogen) atoms. The molecule has 1 aromatic heterocycles. The van der Waals surface area contributed by atoms with Gasteiger partial charge in [-0.2, -0.15) is 0 Å². The van der Waals surface area contributed by atoms with Crippen molar-refractivity contribution in [2.45, 2.75) is 19.3 Å². The van der Waals surface area contributed by atoms with Gasteiger partial charge < -0.3 is 4.98 Å². The maximum atomic E-state index is 13.1. The zero-order chi connectivity index (χ0) is 10.7. The third kappa shape index (κ3) is 2.06. The van der Waals surface area contributed by atoms with Gasteiger partial charge in [-0.3, -0.25) is 0 Å². The van der Waals surface area contributed by atoms with Crippen molar-refractivity contribution in [2.24, 2.45) is 0 Å². The highest BCUT2D eigenvalue weighted by atomic mass is 19.1. The summed E-state index contributed by atoms with van der Waals surface area (Å²) in [5, 5.41) is 0. The Morgan fingerprint density at radius 3 is 2.93 bits per heavy atom. The van der Waals surface area contributed by atoms with Crippen LogP contribution in [0.15, 0.2) is 36.8 Å². The second-order valence-electron chi connectivity index (χ2n) is 3.51. The highest BCUT2D eigenvalue weighted by Crippen LogP contribution is 2.26. The summed E-state index contributed by atoms with van der Waals surface area (Å²) in [5.74, 6) is -0.0200. The molecule has 1 aromatic carbocycles. The lowest BCUT2D eigenvalue weighted by Gasteiger charge is -2.12. The predicted octanol–water partition coefficient (Wildman–Crippen LogP) is 3.09. The number of aromatic nitrogens is 2. The first kappa shape index (κ1) is 9.90. The quantitative estimate of drug-likeness (QED) is 0.817. The molecule has 2 rings (SSSR count). The van der Waals surface area contributed by atoms with E-state index >= 15 is 0 Å². The van der Waals surface area contributed by atoms with Crippen LogP contribution in [0, 0.1) is 5.82 Å². The Morgan fingerprint density at radius 1 is 1.47 bits per heavy atom. The number of nitrogens with one attached hydrogen (secondary N) is 1. The van der Waals surface area contributed by atoms with Crippen LogP contribution in [0.5, 0.6) is 0 Å². The molecule has 0 bridgehead atoms. The molecule has 0 spiro atoms. The van der Waals surface area contributed by atoms with E-state index in [9.17, 15) is 4.39 Å². The Labute approximate surface area is 88.2 Å². The average Bonchev–Trinajstić information content (AvgIpc) is 2.72. The minimum absolute atomic E-state index is 0.173. The van der Waals surface area contributed by atoms with Gasteiger partial charge in [0.1, 0.15) is 5.82 Å². The van der Waals surface area contributed by atoms with Gasteiger partial charge in [-0.1, -0.05) is 19.1 Å². The van der Waals surface area contributed by atoms with Gasteiger partial charge in [-0.25, -0.2) is 9.37 Å². The number of imidazole rings is 1. The van der Waals surface area contributed by atoms with Gasteiger partial charge in [-0.15, -0.1) is 0 Å². The molecule has 0 aliphatic heterocycles. The maximum absolute atomic E-state index is 13.1. The van der Waals surface area contributed by atoms with E-state index in [0.29, 0.717) is 0 Å². The first-order valence-corrected chi connectivity index (χ1v) is 5.05. The van der Waals surface area contributed by atoms with Gasteiger partial charge >= 0.3 is 0 Å². The highest BCUT2D eigenvalue weighted by molar-refractivity contribution is 5.27. The fourth-order valence-corrected chi connectivity index (χ4v) is 1.80. The van der Waals surface area contributed by atoms with E-state index in [1.165, 1.54) is 6.07 Å². The van der Waals surface area contributed by atoms with Gasteiger partial charge in [0.2, 0.25) is 0 Å². The van der Waals surface area contributed by atoms with Gasteiger partial charge in [-0.05, 0) is 24.1 Å². The Hall–Kier alpha value is -1.64. The number of nitrogens with zero attached hydrogens (tertiary/aromatic N) is 1. The minimum Gasteiger partial charge on any atom is -0.351 e. The number of H-pyrrole nitrogens is 1. The molecule has 0 radical (unpaired) electrons. The number of benzene rings is 1. The van der Waals surface area contributed by atoms with Crippen LogP contribution in [0.4, 0.5) is 4.39 Å². The first-order chi connectivity index (χ1) is 7.31. The van der Waals surface area contributed by atoms with Crippen LogP contribution < -0.4 is 0 Å². The lowest BCUT2D eigenvalue weighted by molar-refractivity contribution is 0.621. The zero-order valence-corrected chi connectivity index (χ0v) is 8.57. The molecule has 0 amide bonds. The normalized spacial score (nSPS) is 12.7. The van der Waals surface area contributed by atoms with Crippen LogP contribution in [-0.4, -0.2) is 9.97 Å². The summed E-state index contributed by atoms with van der Waals surface area (Å²) in [6, 6.07) is 6.70. The topological polar surface area (TPSA) is 28.7 Å². The van der Waals surface area contributed by atoms with E-state index in [2.05, 4.69) is 16.9 Å². The molecule has 0 saturated carbocycles. The molecule has 1 unspecified atom stereocenters. The van der Waals surface area contributed by atoms with Crippen LogP contribution in [0.2, 0.25) is 0 Å². The lowest BCUT2D eigenvalue weighted by atomic mass is 9.94. The Morgan fingerprint density at radius 2 is 2.33 bits per heavy atom. The summed E-state index contributed by atoms with van der Waals surface area (Å²) in [7, 11) is 0. The van der Waals surface area contributed by atoms with E-state index < -0.39 is 0 Å². The molecule has 1 heterocycles. The molecule has 0 aliphatic rings. The van der Waals surface area contributed by atoms with Gasteiger partial charge in [0.05, 0.1) is 12.0 Å². The second-order valence-corrected chi connectivity index (χ2v) is 3.51. The maximum Gasteiger partial charge on any atom is 0.123 e. The molecule has 1 atom stereocenters. The second kappa shape index (κ2) is 4.26. The summed E-state index contributed by atoms with van der Waals surface area (Å²) >= 11 is 0. The van der Waals surface area contributed by atoms with Gasteiger partial charge in [0, 0.05) is 12.1 Å². The number of hydrogen-bond acceptors (Lipinski definition) is 1. The highest BCUT2D eigenvalue weighted by Gasteiger charge is 2.13. The molecule has 2 aromatic rings. The van der Waals surface area contributed by atoms with E-state index in [1.54, 1.807) is 18.5 Å². The fourth-order valence-electron chi connectivity index (χ4n) is 1.80. The zero-order valence-electron chi connectivity index (χ0n) is 8.57. The SMILES string of the molecule is CCC(c1cccc(F)c1)c1c[nH]cn1. The first-order valence-electron chi connectivity index (χ1n) is 5.05. The summed E-state index contributed by atoms with van der Waals surface area (Å²) < 4.78 is 13.1. The predicted molar refractivity (Wildman–Crippen MR) is 57.1 cm³/mol. The molecule has 2 nitrogen and oxygen atoms in total. The summed E-state index contributed by atoms with van der Waals surface area (Å²) in [6.07, 6.45) is 4.42. The molecule has 1 N–H and O–H groups in total. The molecular formula is C12H13FN2.